The third-order valence-electron chi connectivity index (χ3n) is 6.35. The number of hydrogen-bond acceptors (Lipinski definition) is 4. The van der Waals surface area contributed by atoms with E-state index in [4.69, 9.17) is 4.74 Å². The van der Waals surface area contributed by atoms with Gasteiger partial charge in [-0.3, -0.25) is 4.90 Å². The second-order valence-corrected chi connectivity index (χ2v) is 8.06. The number of aromatic amines is 1. The number of H-pyrrole nitrogens is 1. The zero-order valence-electron chi connectivity index (χ0n) is 14.7. The summed E-state index contributed by atoms with van der Waals surface area (Å²) in [7, 11) is 0. The van der Waals surface area contributed by atoms with Gasteiger partial charge in [0.1, 0.15) is 5.82 Å². The molecule has 1 aromatic heterocycles. The van der Waals surface area contributed by atoms with E-state index < -0.39 is 0 Å². The molecule has 0 aromatic carbocycles. The normalized spacial score (nSPS) is 28.6. The summed E-state index contributed by atoms with van der Waals surface area (Å²) >= 11 is 0. The van der Waals surface area contributed by atoms with Crippen LogP contribution in [0.3, 0.4) is 0 Å². The Morgan fingerprint density at radius 1 is 1.21 bits per heavy atom. The topological polar surface area (TPSA) is 61.4 Å². The molecular weight excluding hydrogens is 302 g/mol. The monoisotopic (exact) mass is 333 g/mol. The molecule has 4 rings (SSSR count). The van der Waals surface area contributed by atoms with Crippen molar-refractivity contribution in [3.8, 4) is 0 Å². The maximum absolute atomic E-state index is 10.3. The van der Waals surface area contributed by atoms with Crippen LogP contribution in [0.25, 0.3) is 0 Å². The minimum Gasteiger partial charge on any atom is -0.390 e. The zero-order valence-corrected chi connectivity index (χ0v) is 14.7. The Bertz CT molecular complexity index is 530. The molecule has 134 valence electrons. The van der Waals surface area contributed by atoms with E-state index in [-0.39, 0.29) is 11.7 Å². The summed E-state index contributed by atoms with van der Waals surface area (Å²) in [6.07, 6.45) is 12.1. The molecule has 3 heterocycles. The fourth-order valence-corrected chi connectivity index (χ4v) is 4.80. The average molecular weight is 333 g/mol. The number of ether oxygens (including phenoxy) is 1. The van der Waals surface area contributed by atoms with Gasteiger partial charge in [-0.2, -0.15) is 0 Å². The number of aliphatic hydroxyl groups excluding tert-OH is 1. The Hall–Kier alpha value is -0.910. The van der Waals surface area contributed by atoms with E-state index in [1.54, 1.807) is 0 Å². The van der Waals surface area contributed by atoms with Gasteiger partial charge in [0.15, 0.2) is 0 Å². The molecule has 1 saturated carbocycles. The van der Waals surface area contributed by atoms with Gasteiger partial charge in [0, 0.05) is 44.6 Å². The number of nitrogens with zero attached hydrogens (tertiary/aromatic N) is 2. The molecule has 2 aliphatic heterocycles. The predicted molar refractivity (Wildman–Crippen MR) is 92.7 cm³/mol. The van der Waals surface area contributed by atoms with Gasteiger partial charge < -0.3 is 14.8 Å². The summed E-state index contributed by atoms with van der Waals surface area (Å²) in [4.78, 5) is 10.6. The molecule has 3 fully saturated rings. The van der Waals surface area contributed by atoms with E-state index in [1.165, 1.54) is 31.4 Å². The number of likely N-dealkylation sites (tertiary alicyclic amines) is 1. The van der Waals surface area contributed by atoms with Crippen LogP contribution >= 0.6 is 0 Å². The third-order valence-corrected chi connectivity index (χ3v) is 6.35. The number of rotatable bonds is 4. The third kappa shape index (κ3) is 3.53. The van der Waals surface area contributed by atoms with E-state index in [2.05, 4.69) is 14.9 Å². The highest BCUT2D eigenvalue weighted by Crippen LogP contribution is 2.35. The number of imidazole rings is 1. The Kier molecular flexibility index (Phi) is 4.93. The standard InChI is InChI=1S/C19H31N3O2/c23-17-6-3-11-24-19(17)7-9-22(10-8-19)14-16-13-20-18(21-16)12-15-4-1-2-5-15/h13,15,17,23H,1-12,14H2,(H,20,21). The fraction of sp³-hybridized carbons (Fsp3) is 0.842. The molecule has 1 spiro atoms. The van der Waals surface area contributed by atoms with Crippen molar-refractivity contribution in [3.63, 3.8) is 0 Å². The molecule has 1 atom stereocenters. The van der Waals surface area contributed by atoms with Crippen LogP contribution in [-0.4, -0.2) is 51.4 Å². The lowest BCUT2D eigenvalue weighted by molar-refractivity contribution is -0.177. The van der Waals surface area contributed by atoms with E-state index in [1.807, 2.05) is 6.20 Å². The van der Waals surface area contributed by atoms with Crippen LogP contribution in [0.15, 0.2) is 6.20 Å². The molecule has 24 heavy (non-hydrogen) atoms. The molecule has 2 N–H and O–H groups in total. The lowest BCUT2D eigenvalue weighted by Crippen LogP contribution is -2.55. The molecule has 1 aliphatic carbocycles. The number of piperidine rings is 1. The highest BCUT2D eigenvalue weighted by atomic mass is 16.5. The molecule has 3 aliphatic rings. The average Bonchev–Trinajstić information content (AvgIpc) is 3.25. The second kappa shape index (κ2) is 7.14. The van der Waals surface area contributed by atoms with Crippen molar-refractivity contribution in [1.29, 1.82) is 0 Å². The molecule has 0 amide bonds. The van der Waals surface area contributed by atoms with Crippen LogP contribution < -0.4 is 0 Å². The molecular formula is C19H31N3O2. The lowest BCUT2D eigenvalue weighted by Gasteiger charge is -2.46. The number of aromatic nitrogens is 2. The van der Waals surface area contributed by atoms with Crippen LogP contribution in [0.4, 0.5) is 0 Å². The van der Waals surface area contributed by atoms with Crippen molar-refractivity contribution in [1.82, 2.24) is 14.9 Å². The number of nitrogens with one attached hydrogen (secondary N) is 1. The Balaban J connectivity index is 1.28. The largest absolute Gasteiger partial charge is 0.390 e. The Labute approximate surface area is 144 Å². The van der Waals surface area contributed by atoms with E-state index in [0.717, 1.165) is 70.1 Å². The van der Waals surface area contributed by atoms with Gasteiger partial charge in [-0.1, -0.05) is 25.7 Å². The summed E-state index contributed by atoms with van der Waals surface area (Å²) in [6, 6.07) is 0. The molecule has 1 aromatic rings. The molecule has 1 unspecified atom stereocenters. The van der Waals surface area contributed by atoms with E-state index in [0.29, 0.717) is 0 Å². The van der Waals surface area contributed by atoms with Gasteiger partial charge in [0.05, 0.1) is 11.7 Å². The quantitative estimate of drug-likeness (QED) is 0.889. The van der Waals surface area contributed by atoms with Gasteiger partial charge in [-0.25, -0.2) is 4.98 Å². The molecule has 2 saturated heterocycles. The first-order chi connectivity index (χ1) is 11.7. The van der Waals surface area contributed by atoms with E-state index in [9.17, 15) is 5.11 Å². The number of aliphatic hydroxyl groups is 1. The molecule has 0 radical (unpaired) electrons. The van der Waals surface area contributed by atoms with Crippen molar-refractivity contribution in [3.05, 3.63) is 17.7 Å². The summed E-state index contributed by atoms with van der Waals surface area (Å²) in [6.45, 7) is 3.73. The predicted octanol–water partition coefficient (Wildman–Crippen LogP) is 2.65. The van der Waals surface area contributed by atoms with Gasteiger partial charge >= 0.3 is 0 Å². The maximum Gasteiger partial charge on any atom is 0.106 e. The van der Waals surface area contributed by atoms with Crippen LogP contribution in [0, 0.1) is 5.92 Å². The molecule has 5 nitrogen and oxygen atoms in total. The number of hydrogen-bond donors (Lipinski definition) is 2. The summed E-state index contributed by atoms with van der Waals surface area (Å²) in [5.41, 5.74) is 0.958. The van der Waals surface area contributed by atoms with Crippen LogP contribution in [0.2, 0.25) is 0 Å². The Morgan fingerprint density at radius 3 is 2.75 bits per heavy atom. The summed E-state index contributed by atoms with van der Waals surface area (Å²) in [5, 5.41) is 10.3. The van der Waals surface area contributed by atoms with Crippen LogP contribution in [0.1, 0.15) is 62.9 Å². The summed E-state index contributed by atoms with van der Waals surface area (Å²) < 4.78 is 6.00. The first kappa shape index (κ1) is 16.6. The minimum atomic E-state index is -0.279. The lowest BCUT2D eigenvalue weighted by atomic mass is 9.82. The van der Waals surface area contributed by atoms with Crippen molar-refractivity contribution < 1.29 is 9.84 Å². The first-order valence-electron chi connectivity index (χ1n) is 9.81. The van der Waals surface area contributed by atoms with Crippen molar-refractivity contribution >= 4 is 0 Å². The molecule has 0 bridgehead atoms. The van der Waals surface area contributed by atoms with Gasteiger partial charge in [0.2, 0.25) is 0 Å². The minimum absolute atomic E-state index is 0.267. The fourth-order valence-electron chi connectivity index (χ4n) is 4.80. The highest BCUT2D eigenvalue weighted by molar-refractivity contribution is 5.04. The first-order valence-corrected chi connectivity index (χ1v) is 9.81. The van der Waals surface area contributed by atoms with Crippen molar-refractivity contribution in [2.75, 3.05) is 19.7 Å². The van der Waals surface area contributed by atoms with Crippen molar-refractivity contribution in [2.24, 2.45) is 5.92 Å². The summed E-state index contributed by atoms with van der Waals surface area (Å²) in [5.74, 6) is 2.00. The van der Waals surface area contributed by atoms with Gasteiger partial charge in [-0.15, -0.1) is 0 Å². The molecule has 5 heteroatoms. The van der Waals surface area contributed by atoms with Gasteiger partial charge in [0.25, 0.3) is 0 Å². The highest BCUT2D eigenvalue weighted by Gasteiger charge is 2.43. The zero-order chi connectivity index (χ0) is 16.4. The van der Waals surface area contributed by atoms with Crippen molar-refractivity contribution in [2.45, 2.75) is 76.0 Å². The Morgan fingerprint density at radius 2 is 2.00 bits per heavy atom. The van der Waals surface area contributed by atoms with E-state index >= 15 is 0 Å². The van der Waals surface area contributed by atoms with Gasteiger partial charge in [-0.05, 0) is 31.6 Å². The smallest absolute Gasteiger partial charge is 0.106 e. The SMILES string of the molecule is OC1CCCOC12CCN(Cc1cnc(CC3CCCC3)[nH]1)CC2. The van der Waals surface area contributed by atoms with Crippen LogP contribution in [-0.2, 0) is 17.7 Å². The second-order valence-electron chi connectivity index (χ2n) is 8.06. The maximum atomic E-state index is 10.3. The van der Waals surface area contributed by atoms with Crippen LogP contribution in [0.5, 0.6) is 0 Å².